The molecule has 7 atom stereocenters. The molecule has 4 unspecified atom stereocenters. The highest BCUT2D eigenvalue weighted by Gasteiger charge is 2.60. The minimum absolute atomic E-state index is 0.00491. The number of anilines is 1. The van der Waals surface area contributed by atoms with E-state index < -0.39 is 11.7 Å². The zero-order valence-corrected chi connectivity index (χ0v) is 20.7. The molecule has 3 aliphatic carbocycles. The Balaban J connectivity index is 1.27. The molecule has 4 nitrogen and oxygen atoms in total. The summed E-state index contributed by atoms with van der Waals surface area (Å²) in [6, 6.07) is 4.92. The molecule has 3 fully saturated rings. The third kappa shape index (κ3) is 3.99. The summed E-state index contributed by atoms with van der Waals surface area (Å²) in [5, 5.41) is 2.82. The standard InChI is InChI=1S/C28H35F3N2O2/c1-26-14-12-22-20(9-11-23-27(22,2)15-13-25(35)33(23)3)21(26)10-6-18(26)16-24(34)32-19-7-4-17(5-8-19)28(29,30)31/h4-5,7-8,13,15,18,20-23H,6,9-12,14,16H2,1-3H3,(H,32,34)/t18-,20?,21?,22?,23?,26-,27-/m1/s1. The molecule has 190 valence electrons. The summed E-state index contributed by atoms with van der Waals surface area (Å²) in [4.78, 5) is 27.1. The second-order valence-corrected chi connectivity index (χ2v) is 11.8. The highest BCUT2D eigenvalue weighted by Crippen LogP contribution is 2.66. The Morgan fingerprint density at radius 3 is 2.46 bits per heavy atom. The van der Waals surface area contributed by atoms with Gasteiger partial charge in [0.15, 0.2) is 0 Å². The molecular weight excluding hydrogens is 453 g/mol. The van der Waals surface area contributed by atoms with Gasteiger partial charge < -0.3 is 10.2 Å². The van der Waals surface area contributed by atoms with Gasteiger partial charge in [-0.1, -0.05) is 19.9 Å². The van der Waals surface area contributed by atoms with Gasteiger partial charge in [-0.15, -0.1) is 0 Å². The molecule has 2 amide bonds. The van der Waals surface area contributed by atoms with Crippen molar-refractivity contribution in [2.45, 2.75) is 71.0 Å². The average molecular weight is 489 g/mol. The lowest BCUT2D eigenvalue weighted by molar-refractivity contribution is -0.139. The van der Waals surface area contributed by atoms with Crippen LogP contribution in [0.3, 0.4) is 0 Å². The van der Waals surface area contributed by atoms with Gasteiger partial charge in [0, 0.05) is 30.6 Å². The Labute approximate surface area is 205 Å². The van der Waals surface area contributed by atoms with Crippen LogP contribution in [0.2, 0.25) is 0 Å². The summed E-state index contributed by atoms with van der Waals surface area (Å²) in [6.07, 6.45) is 6.43. The summed E-state index contributed by atoms with van der Waals surface area (Å²) in [5.41, 5.74) is -0.210. The number of likely N-dealkylation sites (N-methyl/N-ethyl adjacent to an activating group) is 1. The monoisotopic (exact) mass is 488 g/mol. The van der Waals surface area contributed by atoms with Crippen molar-refractivity contribution < 1.29 is 22.8 Å². The number of nitrogens with one attached hydrogen (secondary N) is 1. The minimum atomic E-state index is -4.39. The van der Waals surface area contributed by atoms with Crippen LogP contribution in [0.4, 0.5) is 18.9 Å². The average Bonchev–Trinajstić information content (AvgIpc) is 3.12. The third-order valence-corrected chi connectivity index (χ3v) is 10.3. The summed E-state index contributed by atoms with van der Waals surface area (Å²) in [5.74, 6) is 1.98. The van der Waals surface area contributed by atoms with Crippen molar-refractivity contribution in [3.05, 3.63) is 42.0 Å². The van der Waals surface area contributed by atoms with Crippen molar-refractivity contribution in [2.24, 2.45) is 34.5 Å². The number of alkyl halides is 3. The number of rotatable bonds is 3. The molecule has 35 heavy (non-hydrogen) atoms. The fraction of sp³-hybridized carbons (Fsp3) is 0.643. The smallest absolute Gasteiger partial charge is 0.338 e. The van der Waals surface area contributed by atoms with E-state index in [1.165, 1.54) is 12.1 Å². The van der Waals surface area contributed by atoms with E-state index >= 15 is 0 Å². The lowest BCUT2D eigenvalue weighted by atomic mass is 9.47. The maximum Gasteiger partial charge on any atom is 0.416 e. The Morgan fingerprint density at radius 2 is 1.77 bits per heavy atom. The predicted molar refractivity (Wildman–Crippen MR) is 128 cm³/mol. The molecule has 7 heteroatoms. The maximum atomic E-state index is 12.9. The van der Waals surface area contributed by atoms with Crippen LogP contribution in [-0.4, -0.2) is 29.8 Å². The zero-order valence-electron chi connectivity index (χ0n) is 20.7. The first kappa shape index (κ1) is 24.4. The molecule has 1 heterocycles. The van der Waals surface area contributed by atoms with E-state index in [0.29, 0.717) is 29.9 Å². The number of carbonyl (C=O) groups is 2. The summed E-state index contributed by atoms with van der Waals surface area (Å²) >= 11 is 0. The van der Waals surface area contributed by atoms with Crippen molar-refractivity contribution in [1.29, 1.82) is 0 Å². The number of halogens is 3. The molecule has 1 aromatic carbocycles. The van der Waals surface area contributed by atoms with Crippen LogP contribution in [0.25, 0.3) is 0 Å². The van der Waals surface area contributed by atoms with Gasteiger partial charge in [0.05, 0.1) is 5.56 Å². The van der Waals surface area contributed by atoms with Crippen LogP contribution in [-0.2, 0) is 15.8 Å². The van der Waals surface area contributed by atoms with Crippen LogP contribution < -0.4 is 5.32 Å². The Kier molecular flexibility index (Phi) is 5.84. The molecule has 0 spiro atoms. The van der Waals surface area contributed by atoms with Gasteiger partial charge in [0.25, 0.3) is 0 Å². The SMILES string of the molecule is CN1C(=O)C=C[C@]2(C)C3CC[C@@]4(C)C(CC[C@@H]4CC(=O)Nc4ccc(C(F)(F)F)cc4)C3CCC12. The lowest BCUT2D eigenvalue weighted by Gasteiger charge is -2.60. The largest absolute Gasteiger partial charge is 0.416 e. The molecule has 1 aromatic rings. The van der Waals surface area contributed by atoms with E-state index in [1.54, 1.807) is 6.08 Å². The molecule has 1 N–H and O–H groups in total. The van der Waals surface area contributed by atoms with E-state index in [0.717, 1.165) is 50.7 Å². The number of fused-ring (bicyclic) bond motifs is 5. The topological polar surface area (TPSA) is 49.4 Å². The highest BCUT2D eigenvalue weighted by atomic mass is 19.4. The predicted octanol–water partition coefficient (Wildman–Crippen LogP) is 6.29. The van der Waals surface area contributed by atoms with Crippen LogP contribution in [0.15, 0.2) is 36.4 Å². The van der Waals surface area contributed by atoms with Crippen molar-refractivity contribution in [3.63, 3.8) is 0 Å². The zero-order chi connectivity index (χ0) is 25.2. The van der Waals surface area contributed by atoms with Crippen LogP contribution in [0.1, 0.15) is 64.4 Å². The van der Waals surface area contributed by atoms with Gasteiger partial charge in [-0.3, -0.25) is 9.59 Å². The molecule has 5 rings (SSSR count). The second kappa shape index (κ2) is 8.38. The quantitative estimate of drug-likeness (QED) is 0.544. The maximum absolute atomic E-state index is 12.9. The molecule has 0 bridgehead atoms. The number of nitrogens with zero attached hydrogens (tertiary/aromatic N) is 1. The molecule has 3 saturated carbocycles. The number of benzene rings is 1. The lowest BCUT2D eigenvalue weighted by Crippen LogP contribution is -2.59. The van der Waals surface area contributed by atoms with Gasteiger partial charge in [-0.25, -0.2) is 0 Å². The van der Waals surface area contributed by atoms with E-state index in [9.17, 15) is 22.8 Å². The fourth-order valence-electron chi connectivity index (χ4n) is 8.36. The summed E-state index contributed by atoms with van der Waals surface area (Å²) in [7, 11) is 1.93. The molecule has 0 saturated heterocycles. The minimum Gasteiger partial charge on any atom is -0.338 e. The Morgan fingerprint density at radius 1 is 1.06 bits per heavy atom. The van der Waals surface area contributed by atoms with Gasteiger partial charge >= 0.3 is 6.18 Å². The van der Waals surface area contributed by atoms with Crippen LogP contribution >= 0.6 is 0 Å². The normalized spacial score (nSPS) is 38.5. The van der Waals surface area contributed by atoms with Crippen molar-refractivity contribution in [2.75, 3.05) is 12.4 Å². The first-order chi connectivity index (χ1) is 16.4. The van der Waals surface area contributed by atoms with Gasteiger partial charge in [0.2, 0.25) is 11.8 Å². The van der Waals surface area contributed by atoms with E-state index in [2.05, 4.69) is 25.2 Å². The second-order valence-electron chi connectivity index (χ2n) is 11.8. The fourth-order valence-corrected chi connectivity index (χ4v) is 8.36. The van der Waals surface area contributed by atoms with Gasteiger partial charge in [-0.05, 0) is 98.0 Å². The van der Waals surface area contributed by atoms with Crippen molar-refractivity contribution in [3.8, 4) is 0 Å². The summed E-state index contributed by atoms with van der Waals surface area (Å²) < 4.78 is 38.4. The van der Waals surface area contributed by atoms with Gasteiger partial charge in [0.1, 0.15) is 0 Å². The molecule has 4 aliphatic rings. The molecular formula is C28H35F3N2O2. The van der Waals surface area contributed by atoms with Crippen molar-refractivity contribution in [1.82, 2.24) is 4.90 Å². The van der Waals surface area contributed by atoms with Crippen LogP contribution in [0, 0.1) is 34.5 Å². The number of hydrogen-bond donors (Lipinski definition) is 1. The van der Waals surface area contributed by atoms with Crippen LogP contribution in [0.5, 0.6) is 0 Å². The highest BCUT2D eigenvalue weighted by molar-refractivity contribution is 5.91. The first-order valence-electron chi connectivity index (χ1n) is 12.9. The van der Waals surface area contributed by atoms with E-state index in [1.807, 2.05) is 11.9 Å². The Hall–Kier alpha value is -2.31. The first-order valence-corrected chi connectivity index (χ1v) is 12.9. The third-order valence-electron chi connectivity index (χ3n) is 10.3. The molecule has 1 aliphatic heterocycles. The van der Waals surface area contributed by atoms with E-state index in [4.69, 9.17) is 0 Å². The number of carbonyl (C=O) groups excluding carboxylic acids is 2. The number of amides is 2. The van der Waals surface area contributed by atoms with Gasteiger partial charge in [-0.2, -0.15) is 13.2 Å². The molecule has 0 radical (unpaired) electrons. The Bertz CT molecular complexity index is 1040. The van der Waals surface area contributed by atoms with E-state index in [-0.39, 0.29) is 34.6 Å². The molecule has 0 aromatic heterocycles. The number of hydrogen-bond acceptors (Lipinski definition) is 2. The summed E-state index contributed by atoms with van der Waals surface area (Å²) in [6.45, 7) is 4.69. The van der Waals surface area contributed by atoms with Crippen molar-refractivity contribution >= 4 is 17.5 Å².